The summed E-state index contributed by atoms with van der Waals surface area (Å²) >= 11 is 0. The first-order valence-electron chi connectivity index (χ1n) is 5.44. The van der Waals surface area contributed by atoms with Gasteiger partial charge in [0.15, 0.2) is 0 Å². The molecule has 2 aromatic rings. The molecule has 0 aromatic heterocycles. The molecular weight excluding hydrogens is 270 g/mol. The van der Waals surface area contributed by atoms with Crippen molar-refractivity contribution in [3.8, 4) is 0 Å². The van der Waals surface area contributed by atoms with Gasteiger partial charge in [-0.05, 0) is 58.7 Å². The molecule has 0 spiro atoms. The Balaban J connectivity index is 2.22. The second-order valence-electron chi connectivity index (χ2n) is 3.94. The van der Waals surface area contributed by atoms with E-state index in [-0.39, 0.29) is 11.6 Å². The van der Waals surface area contributed by atoms with Crippen LogP contribution < -0.4 is 0 Å². The lowest BCUT2D eigenvalue weighted by Crippen LogP contribution is -1.86. The summed E-state index contributed by atoms with van der Waals surface area (Å²) < 4.78 is 27.3. The molecule has 0 fully saturated rings. The largest absolute Gasteiger partial charge is 0.206 e. The quantitative estimate of drug-likeness (QED) is 0.693. The average Bonchev–Trinajstić information content (AvgIpc) is 2.31. The van der Waals surface area contributed by atoms with E-state index in [1.165, 1.54) is 33.7 Å². The molecule has 0 amide bonds. The molecule has 0 radical (unpaired) electrons. The minimum Gasteiger partial charge on any atom is -0.206 e. The molecule has 0 saturated heterocycles. The zero-order valence-corrected chi connectivity index (χ0v) is 11.7. The fourth-order valence-corrected chi connectivity index (χ4v) is 4.15. The second kappa shape index (κ2) is 5.76. The lowest BCUT2D eigenvalue weighted by Gasteiger charge is -2.08. The maximum Gasteiger partial charge on any atom is 0.137 e. The van der Waals surface area contributed by atoms with Crippen molar-refractivity contribution >= 4 is 21.6 Å². The molecule has 0 aliphatic carbocycles. The Bertz CT molecular complexity index is 476. The number of hydrogen-bond donors (Lipinski definition) is 0. The van der Waals surface area contributed by atoms with Crippen molar-refractivity contribution in [1.29, 1.82) is 0 Å². The van der Waals surface area contributed by atoms with E-state index in [1.54, 1.807) is 12.1 Å². The van der Waals surface area contributed by atoms with E-state index < -0.39 is 0 Å². The SMILES string of the molecule is Cc1cccc(F)c1SSc1c(C)cccc1F. The van der Waals surface area contributed by atoms with Crippen LogP contribution in [-0.2, 0) is 0 Å². The molecule has 18 heavy (non-hydrogen) atoms. The molecule has 0 aliphatic rings. The van der Waals surface area contributed by atoms with Gasteiger partial charge < -0.3 is 0 Å². The van der Waals surface area contributed by atoms with Crippen molar-refractivity contribution in [2.45, 2.75) is 23.6 Å². The van der Waals surface area contributed by atoms with E-state index in [2.05, 4.69) is 0 Å². The van der Waals surface area contributed by atoms with Crippen molar-refractivity contribution in [2.24, 2.45) is 0 Å². The first-order chi connectivity index (χ1) is 8.59. The van der Waals surface area contributed by atoms with Gasteiger partial charge in [0, 0.05) is 0 Å². The normalized spacial score (nSPS) is 10.7. The van der Waals surface area contributed by atoms with Gasteiger partial charge in [0.25, 0.3) is 0 Å². The summed E-state index contributed by atoms with van der Waals surface area (Å²) in [5.41, 5.74) is 1.72. The van der Waals surface area contributed by atoms with Crippen molar-refractivity contribution in [2.75, 3.05) is 0 Å². The van der Waals surface area contributed by atoms with Gasteiger partial charge in [-0.1, -0.05) is 24.3 Å². The van der Waals surface area contributed by atoms with Gasteiger partial charge in [-0.15, -0.1) is 0 Å². The monoisotopic (exact) mass is 282 g/mol. The summed E-state index contributed by atoms with van der Waals surface area (Å²) in [6.45, 7) is 3.69. The molecular formula is C14H12F2S2. The van der Waals surface area contributed by atoms with Crippen LogP contribution in [-0.4, -0.2) is 0 Å². The van der Waals surface area contributed by atoms with Crippen molar-refractivity contribution in [1.82, 2.24) is 0 Å². The first-order valence-corrected chi connectivity index (χ1v) is 7.59. The molecule has 0 nitrogen and oxygen atoms in total. The van der Waals surface area contributed by atoms with E-state index >= 15 is 0 Å². The maximum absolute atomic E-state index is 13.6. The standard InChI is InChI=1S/C14H12F2S2/c1-9-5-3-7-11(15)13(9)17-18-14-10(2)6-4-8-12(14)16/h3-8H,1-2H3. The van der Waals surface area contributed by atoms with Crippen LogP contribution in [0.15, 0.2) is 46.2 Å². The Morgan fingerprint density at radius 2 is 1.11 bits per heavy atom. The van der Waals surface area contributed by atoms with Gasteiger partial charge in [-0.3, -0.25) is 0 Å². The van der Waals surface area contributed by atoms with Crippen LogP contribution in [0.2, 0.25) is 0 Å². The number of rotatable bonds is 3. The molecule has 0 N–H and O–H groups in total. The number of benzene rings is 2. The Hall–Kier alpha value is -1.00. The maximum atomic E-state index is 13.6. The topological polar surface area (TPSA) is 0 Å². The number of aryl methyl sites for hydroxylation is 2. The lowest BCUT2D eigenvalue weighted by atomic mass is 10.2. The van der Waals surface area contributed by atoms with Crippen molar-refractivity contribution in [3.05, 3.63) is 59.2 Å². The van der Waals surface area contributed by atoms with Crippen LogP contribution >= 0.6 is 21.6 Å². The molecule has 0 atom stereocenters. The van der Waals surface area contributed by atoms with Crippen LogP contribution in [0.1, 0.15) is 11.1 Å². The summed E-state index contributed by atoms with van der Waals surface area (Å²) in [4.78, 5) is 1.12. The zero-order chi connectivity index (χ0) is 13.1. The molecule has 0 unspecified atom stereocenters. The van der Waals surface area contributed by atoms with Gasteiger partial charge >= 0.3 is 0 Å². The molecule has 0 aliphatic heterocycles. The van der Waals surface area contributed by atoms with E-state index in [4.69, 9.17) is 0 Å². The summed E-state index contributed by atoms with van der Waals surface area (Å²) in [6.07, 6.45) is 0. The minimum absolute atomic E-state index is 0.263. The predicted molar refractivity (Wildman–Crippen MR) is 74.0 cm³/mol. The zero-order valence-electron chi connectivity index (χ0n) is 10.0. The van der Waals surface area contributed by atoms with Crippen LogP contribution in [0.4, 0.5) is 8.78 Å². The molecule has 4 heteroatoms. The highest BCUT2D eigenvalue weighted by molar-refractivity contribution is 8.76. The van der Waals surface area contributed by atoms with Gasteiger partial charge in [0.2, 0.25) is 0 Å². The second-order valence-corrected chi connectivity index (χ2v) is 6.09. The average molecular weight is 282 g/mol. The predicted octanol–water partition coefficient (Wildman–Crippen LogP) is 5.38. The fraction of sp³-hybridized carbons (Fsp3) is 0.143. The third-order valence-electron chi connectivity index (χ3n) is 2.54. The van der Waals surface area contributed by atoms with E-state index in [0.29, 0.717) is 9.79 Å². The molecule has 0 saturated carbocycles. The first kappa shape index (κ1) is 13.4. The molecule has 0 heterocycles. The summed E-state index contributed by atoms with van der Waals surface area (Å²) in [5.74, 6) is -0.525. The van der Waals surface area contributed by atoms with Crippen molar-refractivity contribution < 1.29 is 8.78 Å². The summed E-state index contributed by atoms with van der Waals surface area (Å²) in [6, 6.07) is 9.88. The molecule has 2 aromatic carbocycles. The van der Waals surface area contributed by atoms with Gasteiger partial charge in [0.1, 0.15) is 11.6 Å². The van der Waals surface area contributed by atoms with Crippen LogP contribution in [0.3, 0.4) is 0 Å². The molecule has 2 rings (SSSR count). The summed E-state index contributed by atoms with van der Waals surface area (Å²) in [7, 11) is 2.51. The Labute approximate surface area is 113 Å². The Morgan fingerprint density at radius 1 is 0.722 bits per heavy atom. The number of halogens is 2. The highest BCUT2D eigenvalue weighted by atomic mass is 33.1. The van der Waals surface area contributed by atoms with Gasteiger partial charge in [-0.2, -0.15) is 0 Å². The third kappa shape index (κ3) is 2.87. The Morgan fingerprint density at radius 3 is 1.44 bits per heavy atom. The fourth-order valence-electron chi connectivity index (χ4n) is 1.53. The van der Waals surface area contributed by atoms with Crippen LogP contribution in [0.5, 0.6) is 0 Å². The highest BCUT2D eigenvalue weighted by Crippen LogP contribution is 2.42. The molecule has 94 valence electrons. The van der Waals surface area contributed by atoms with Gasteiger partial charge in [0.05, 0.1) is 9.79 Å². The van der Waals surface area contributed by atoms with E-state index in [0.717, 1.165) is 11.1 Å². The summed E-state index contributed by atoms with van der Waals surface area (Å²) in [5, 5.41) is 0. The molecule has 0 bridgehead atoms. The highest BCUT2D eigenvalue weighted by Gasteiger charge is 2.11. The lowest BCUT2D eigenvalue weighted by molar-refractivity contribution is 0.598. The third-order valence-corrected chi connectivity index (χ3v) is 5.24. The minimum atomic E-state index is -0.263. The van der Waals surface area contributed by atoms with Crippen LogP contribution in [0.25, 0.3) is 0 Å². The number of hydrogen-bond acceptors (Lipinski definition) is 2. The van der Waals surface area contributed by atoms with E-state index in [1.807, 2.05) is 26.0 Å². The van der Waals surface area contributed by atoms with Crippen molar-refractivity contribution in [3.63, 3.8) is 0 Å². The van der Waals surface area contributed by atoms with Gasteiger partial charge in [-0.25, -0.2) is 8.78 Å². The smallest absolute Gasteiger partial charge is 0.137 e. The Kier molecular flexibility index (Phi) is 4.30. The van der Waals surface area contributed by atoms with E-state index in [9.17, 15) is 8.78 Å². The van der Waals surface area contributed by atoms with Crippen LogP contribution in [0, 0.1) is 25.5 Å².